The van der Waals surface area contributed by atoms with Crippen molar-refractivity contribution < 1.29 is 9.53 Å². The number of rotatable bonds is 4. The molecule has 3 aromatic heterocycles. The monoisotopic (exact) mass is 442 g/mol. The zero-order chi connectivity index (χ0) is 23.2. The van der Waals surface area contributed by atoms with Gasteiger partial charge in [0.05, 0.1) is 5.39 Å². The average molecular weight is 443 g/mol. The number of H-pyrrole nitrogens is 1. The summed E-state index contributed by atoms with van der Waals surface area (Å²) in [6.07, 6.45) is 7.02. The SMILES string of the molecule is C=CC(=O)N1CCCC1.Cc1cccc(Oc2ccc(-c3c[nH]c4ncnc(N)c34)cc2)n1. The number of hydrogen-bond donors (Lipinski definition) is 2. The summed E-state index contributed by atoms with van der Waals surface area (Å²) in [4.78, 5) is 28.3. The zero-order valence-corrected chi connectivity index (χ0v) is 18.5. The van der Waals surface area contributed by atoms with Gasteiger partial charge < -0.3 is 20.4 Å². The number of pyridine rings is 1. The highest BCUT2D eigenvalue weighted by atomic mass is 16.5. The number of ether oxygens (including phenoxy) is 1. The molecule has 0 aliphatic carbocycles. The first kappa shape index (κ1) is 22.0. The predicted octanol–water partition coefficient (Wildman–Crippen LogP) is 4.50. The summed E-state index contributed by atoms with van der Waals surface area (Å²) in [6.45, 7) is 7.19. The van der Waals surface area contributed by atoms with Crippen molar-refractivity contribution in [3.8, 4) is 22.8 Å². The average Bonchev–Trinajstić information content (AvgIpc) is 3.51. The summed E-state index contributed by atoms with van der Waals surface area (Å²) < 4.78 is 5.77. The number of nitrogen functional groups attached to an aromatic ring is 1. The predicted molar refractivity (Wildman–Crippen MR) is 129 cm³/mol. The Morgan fingerprint density at radius 2 is 1.91 bits per heavy atom. The highest BCUT2D eigenvalue weighted by Gasteiger charge is 2.14. The number of amides is 1. The van der Waals surface area contributed by atoms with Gasteiger partial charge in [0, 0.05) is 36.6 Å². The summed E-state index contributed by atoms with van der Waals surface area (Å²) in [6, 6.07) is 13.4. The molecule has 1 aliphatic rings. The van der Waals surface area contributed by atoms with Gasteiger partial charge in [-0.25, -0.2) is 15.0 Å². The van der Waals surface area contributed by atoms with Gasteiger partial charge in [-0.15, -0.1) is 0 Å². The van der Waals surface area contributed by atoms with Gasteiger partial charge in [0.1, 0.15) is 23.5 Å². The van der Waals surface area contributed by atoms with E-state index in [9.17, 15) is 4.79 Å². The molecule has 0 radical (unpaired) electrons. The third-order valence-electron chi connectivity index (χ3n) is 5.34. The molecule has 0 atom stereocenters. The first-order valence-electron chi connectivity index (χ1n) is 10.8. The molecule has 8 nitrogen and oxygen atoms in total. The first-order valence-corrected chi connectivity index (χ1v) is 10.8. The third kappa shape index (κ3) is 5.17. The highest BCUT2D eigenvalue weighted by Crippen LogP contribution is 2.32. The largest absolute Gasteiger partial charge is 0.439 e. The summed E-state index contributed by atoms with van der Waals surface area (Å²) in [5, 5.41) is 0.825. The van der Waals surface area contributed by atoms with Gasteiger partial charge in [-0.1, -0.05) is 24.8 Å². The van der Waals surface area contributed by atoms with Crippen LogP contribution in [0.3, 0.4) is 0 Å². The first-order chi connectivity index (χ1) is 16.0. The van der Waals surface area contributed by atoms with E-state index in [0.717, 1.165) is 59.5 Å². The second-order valence-electron chi connectivity index (χ2n) is 7.67. The van der Waals surface area contributed by atoms with E-state index in [1.807, 2.05) is 60.5 Å². The lowest BCUT2D eigenvalue weighted by Crippen LogP contribution is -2.25. The molecule has 4 aromatic rings. The van der Waals surface area contributed by atoms with E-state index in [-0.39, 0.29) is 5.91 Å². The van der Waals surface area contributed by atoms with Crippen molar-refractivity contribution in [2.75, 3.05) is 18.8 Å². The molecular weight excluding hydrogens is 416 g/mol. The van der Waals surface area contributed by atoms with Crippen LogP contribution in [0.2, 0.25) is 0 Å². The number of nitrogens with zero attached hydrogens (tertiary/aromatic N) is 4. The van der Waals surface area contributed by atoms with Crippen LogP contribution in [0, 0.1) is 6.92 Å². The van der Waals surface area contributed by atoms with E-state index in [2.05, 4.69) is 26.5 Å². The Hall–Kier alpha value is -4.20. The maximum absolute atomic E-state index is 10.8. The lowest BCUT2D eigenvalue weighted by molar-refractivity contribution is -0.124. The molecule has 33 heavy (non-hydrogen) atoms. The van der Waals surface area contributed by atoms with Gasteiger partial charge >= 0.3 is 0 Å². The van der Waals surface area contributed by atoms with Crippen LogP contribution in [0.5, 0.6) is 11.6 Å². The Morgan fingerprint density at radius 3 is 2.61 bits per heavy atom. The van der Waals surface area contributed by atoms with Gasteiger partial charge in [0.2, 0.25) is 11.8 Å². The van der Waals surface area contributed by atoms with Crippen molar-refractivity contribution in [2.45, 2.75) is 19.8 Å². The fraction of sp³-hybridized carbons (Fsp3) is 0.200. The Bertz CT molecular complexity index is 1260. The Kier molecular flexibility index (Phi) is 6.64. The number of likely N-dealkylation sites (tertiary alicyclic amines) is 1. The molecular formula is C25H26N6O2. The molecule has 0 spiro atoms. The van der Waals surface area contributed by atoms with Crippen molar-refractivity contribution >= 4 is 22.8 Å². The van der Waals surface area contributed by atoms with Crippen molar-refractivity contribution in [1.82, 2.24) is 24.8 Å². The highest BCUT2D eigenvalue weighted by molar-refractivity contribution is 6.00. The number of carbonyl (C=O) groups is 1. The number of hydrogen-bond acceptors (Lipinski definition) is 6. The number of aryl methyl sites for hydroxylation is 1. The molecule has 168 valence electrons. The Labute approximate surface area is 192 Å². The maximum atomic E-state index is 10.8. The van der Waals surface area contributed by atoms with E-state index in [1.54, 1.807) is 0 Å². The van der Waals surface area contributed by atoms with E-state index in [1.165, 1.54) is 12.4 Å². The van der Waals surface area contributed by atoms with Crippen LogP contribution in [0.1, 0.15) is 18.5 Å². The minimum absolute atomic E-state index is 0.0764. The molecule has 1 amide bonds. The van der Waals surface area contributed by atoms with Crippen LogP contribution in [-0.4, -0.2) is 43.8 Å². The van der Waals surface area contributed by atoms with E-state index >= 15 is 0 Å². The third-order valence-corrected chi connectivity index (χ3v) is 5.34. The summed E-state index contributed by atoms with van der Waals surface area (Å²) in [5.41, 5.74) is 9.59. The topological polar surface area (TPSA) is 110 Å². The fourth-order valence-corrected chi connectivity index (χ4v) is 3.68. The fourth-order valence-electron chi connectivity index (χ4n) is 3.68. The maximum Gasteiger partial charge on any atom is 0.245 e. The molecule has 1 fully saturated rings. The molecule has 0 saturated carbocycles. The van der Waals surface area contributed by atoms with E-state index in [4.69, 9.17) is 10.5 Å². The van der Waals surface area contributed by atoms with E-state index < -0.39 is 0 Å². The smallest absolute Gasteiger partial charge is 0.245 e. The number of anilines is 1. The molecule has 1 saturated heterocycles. The second kappa shape index (κ2) is 9.95. The van der Waals surface area contributed by atoms with Gasteiger partial charge in [-0.3, -0.25) is 4.79 Å². The van der Waals surface area contributed by atoms with Gasteiger partial charge in [-0.05, 0) is 49.6 Å². The second-order valence-corrected chi connectivity index (χ2v) is 7.67. The van der Waals surface area contributed by atoms with Crippen LogP contribution >= 0.6 is 0 Å². The minimum atomic E-state index is 0.0764. The summed E-state index contributed by atoms with van der Waals surface area (Å²) in [7, 11) is 0. The molecule has 1 aliphatic heterocycles. The number of carbonyl (C=O) groups excluding carboxylic acids is 1. The van der Waals surface area contributed by atoms with Crippen LogP contribution in [0.15, 0.2) is 67.6 Å². The number of aromatic amines is 1. The van der Waals surface area contributed by atoms with Crippen LogP contribution in [-0.2, 0) is 4.79 Å². The van der Waals surface area contributed by atoms with Crippen LogP contribution in [0.25, 0.3) is 22.2 Å². The number of nitrogens with two attached hydrogens (primary N) is 1. The number of fused-ring (bicyclic) bond motifs is 1. The minimum Gasteiger partial charge on any atom is -0.439 e. The molecule has 5 rings (SSSR count). The molecule has 1 aromatic carbocycles. The van der Waals surface area contributed by atoms with Crippen LogP contribution < -0.4 is 10.5 Å². The zero-order valence-electron chi connectivity index (χ0n) is 18.5. The summed E-state index contributed by atoms with van der Waals surface area (Å²) >= 11 is 0. The van der Waals surface area contributed by atoms with E-state index in [0.29, 0.717) is 11.7 Å². The summed E-state index contributed by atoms with van der Waals surface area (Å²) in [5.74, 6) is 1.83. The number of aromatic nitrogens is 4. The van der Waals surface area contributed by atoms with Crippen molar-refractivity contribution in [1.29, 1.82) is 0 Å². The van der Waals surface area contributed by atoms with Crippen molar-refractivity contribution in [3.05, 3.63) is 73.3 Å². The molecule has 3 N–H and O–H groups in total. The van der Waals surface area contributed by atoms with Crippen LogP contribution in [0.4, 0.5) is 5.82 Å². The Morgan fingerprint density at radius 1 is 1.15 bits per heavy atom. The molecule has 4 heterocycles. The Balaban J connectivity index is 0.000000243. The molecule has 0 unspecified atom stereocenters. The quantitative estimate of drug-likeness (QED) is 0.450. The normalized spacial score (nSPS) is 12.8. The van der Waals surface area contributed by atoms with Gasteiger partial charge in [0.25, 0.3) is 0 Å². The number of benzene rings is 1. The lowest BCUT2D eigenvalue weighted by atomic mass is 10.1. The molecule has 8 heteroatoms. The number of nitrogens with one attached hydrogen (secondary N) is 1. The molecule has 0 bridgehead atoms. The lowest BCUT2D eigenvalue weighted by Gasteiger charge is -2.10. The standard InChI is InChI=1S/C18H15N5O.C7H11NO/c1-11-3-2-4-15(23-11)24-13-7-5-12(6-8-13)14-9-20-18-16(14)17(19)21-10-22-18;1-2-7(9)8-5-3-4-6-8/h2-10H,1H3,(H3,19,20,21,22);2H,1,3-6H2. The van der Waals surface area contributed by atoms with Crippen molar-refractivity contribution in [3.63, 3.8) is 0 Å². The van der Waals surface area contributed by atoms with Crippen molar-refractivity contribution in [2.24, 2.45) is 0 Å². The van der Waals surface area contributed by atoms with Gasteiger partial charge in [0.15, 0.2) is 0 Å². The van der Waals surface area contributed by atoms with Gasteiger partial charge in [-0.2, -0.15) is 0 Å².